The number of nitrogens with two attached hydrogens (primary N) is 1. The van der Waals surface area contributed by atoms with Gasteiger partial charge in [0.25, 0.3) is 5.91 Å². The molecule has 1 rings (SSSR count). The fourth-order valence-corrected chi connectivity index (χ4v) is 3.22. The molecule has 1 amide bonds. The van der Waals surface area contributed by atoms with Crippen LogP contribution in [0.3, 0.4) is 0 Å². The number of amides is 1. The van der Waals surface area contributed by atoms with Gasteiger partial charge in [0.1, 0.15) is 0 Å². The molecule has 0 spiro atoms. The monoisotopic (exact) mass is 328 g/mol. The van der Waals surface area contributed by atoms with E-state index in [1.807, 2.05) is 0 Å². The first-order chi connectivity index (χ1) is 10.2. The number of esters is 1. The van der Waals surface area contributed by atoms with Crippen LogP contribution in [0.15, 0.2) is 29.2 Å². The van der Waals surface area contributed by atoms with Crippen LogP contribution in [0.25, 0.3) is 0 Å². The van der Waals surface area contributed by atoms with E-state index in [-0.39, 0.29) is 10.5 Å². The van der Waals surface area contributed by atoms with E-state index in [0.29, 0.717) is 13.1 Å². The van der Waals surface area contributed by atoms with Crippen LogP contribution in [-0.2, 0) is 19.6 Å². The van der Waals surface area contributed by atoms with Gasteiger partial charge < -0.3 is 10.5 Å². The number of hydrogen-bond acceptors (Lipinski definition) is 5. The summed E-state index contributed by atoms with van der Waals surface area (Å²) in [6.07, 6.45) is -1.05. The first kappa shape index (κ1) is 18.1. The second-order valence-electron chi connectivity index (χ2n) is 4.56. The first-order valence-electron chi connectivity index (χ1n) is 6.84. The van der Waals surface area contributed by atoms with Gasteiger partial charge in [-0.25, -0.2) is 13.2 Å². The summed E-state index contributed by atoms with van der Waals surface area (Å²) in [6.45, 7) is 5.58. The maximum absolute atomic E-state index is 12.3. The summed E-state index contributed by atoms with van der Waals surface area (Å²) in [7, 11) is -3.57. The molecule has 1 atom stereocenters. The van der Waals surface area contributed by atoms with E-state index >= 15 is 0 Å². The molecule has 1 aromatic rings. The van der Waals surface area contributed by atoms with Gasteiger partial charge in [-0.3, -0.25) is 4.79 Å². The summed E-state index contributed by atoms with van der Waals surface area (Å²) >= 11 is 0. The largest absolute Gasteiger partial charge is 0.449 e. The second-order valence-corrected chi connectivity index (χ2v) is 6.50. The molecule has 2 N–H and O–H groups in total. The molecule has 0 fully saturated rings. The third-order valence-corrected chi connectivity index (χ3v) is 5.18. The van der Waals surface area contributed by atoms with Gasteiger partial charge in [0.05, 0.1) is 10.5 Å². The number of rotatable bonds is 7. The summed E-state index contributed by atoms with van der Waals surface area (Å²) in [5.41, 5.74) is 5.15. The topological polar surface area (TPSA) is 107 Å². The van der Waals surface area contributed by atoms with Crippen molar-refractivity contribution in [3.63, 3.8) is 0 Å². The minimum atomic E-state index is -3.57. The number of ether oxygens (including phenoxy) is 1. The van der Waals surface area contributed by atoms with Crippen LogP contribution in [0.2, 0.25) is 0 Å². The lowest BCUT2D eigenvalue weighted by Crippen LogP contribution is -2.31. The van der Waals surface area contributed by atoms with Crippen LogP contribution >= 0.6 is 0 Å². The Morgan fingerprint density at radius 2 is 1.68 bits per heavy atom. The van der Waals surface area contributed by atoms with Gasteiger partial charge in [-0.05, 0) is 31.2 Å². The maximum atomic E-state index is 12.3. The van der Waals surface area contributed by atoms with E-state index in [1.54, 1.807) is 13.8 Å². The average molecular weight is 328 g/mol. The third-order valence-electron chi connectivity index (χ3n) is 3.12. The van der Waals surface area contributed by atoms with Gasteiger partial charge in [-0.2, -0.15) is 4.31 Å². The lowest BCUT2D eigenvalue weighted by Gasteiger charge is -2.18. The number of carbonyl (C=O) groups is 2. The van der Waals surface area contributed by atoms with Gasteiger partial charge in [-0.15, -0.1) is 0 Å². The highest BCUT2D eigenvalue weighted by Gasteiger charge is 2.22. The van der Waals surface area contributed by atoms with E-state index in [0.717, 1.165) is 0 Å². The van der Waals surface area contributed by atoms with E-state index in [1.165, 1.54) is 35.5 Å². The molecule has 1 aromatic carbocycles. The fourth-order valence-electron chi connectivity index (χ4n) is 1.76. The summed E-state index contributed by atoms with van der Waals surface area (Å²) < 4.78 is 30.7. The van der Waals surface area contributed by atoms with Crippen molar-refractivity contribution >= 4 is 21.9 Å². The number of sulfonamides is 1. The third kappa shape index (κ3) is 4.05. The SMILES string of the molecule is CCN(CC)S(=O)(=O)c1ccc(C(=O)OC(C)C(N)=O)cc1. The fraction of sp³-hybridized carbons (Fsp3) is 0.429. The molecule has 1 unspecified atom stereocenters. The Morgan fingerprint density at radius 3 is 2.09 bits per heavy atom. The van der Waals surface area contributed by atoms with E-state index in [4.69, 9.17) is 10.5 Å². The van der Waals surface area contributed by atoms with E-state index in [9.17, 15) is 18.0 Å². The molecule has 7 nitrogen and oxygen atoms in total. The molecule has 0 aliphatic heterocycles. The Kier molecular flexibility index (Phi) is 6.07. The number of hydrogen-bond donors (Lipinski definition) is 1. The first-order valence-corrected chi connectivity index (χ1v) is 8.28. The van der Waals surface area contributed by atoms with Crippen LogP contribution in [0.1, 0.15) is 31.1 Å². The maximum Gasteiger partial charge on any atom is 0.338 e. The summed E-state index contributed by atoms with van der Waals surface area (Å²) in [5.74, 6) is -1.49. The lowest BCUT2D eigenvalue weighted by atomic mass is 10.2. The highest BCUT2D eigenvalue weighted by atomic mass is 32.2. The Balaban J connectivity index is 2.96. The van der Waals surface area contributed by atoms with Crippen LogP contribution in [0, 0.1) is 0 Å². The number of carbonyl (C=O) groups excluding carboxylic acids is 2. The van der Waals surface area contributed by atoms with Crippen LogP contribution < -0.4 is 5.73 Å². The predicted molar refractivity (Wildman–Crippen MR) is 80.6 cm³/mol. The molecule has 0 aliphatic carbocycles. The molecule has 0 radical (unpaired) electrons. The van der Waals surface area contributed by atoms with Gasteiger partial charge in [-0.1, -0.05) is 13.8 Å². The molecule has 0 heterocycles. The highest BCUT2D eigenvalue weighted by Crippen LogP contribution is 2.16. The van der Waals surface area contributed by atoms with Crippen molar-refractivity contribution < 1.29 is 22.7 Å². The molecular weight excluding hydrogens is 308 g/mol. The van der Waals surface area contributed by atoms with Crippen LogP contribution in [0.4, 0.5) is 0 Å². The van der Waals surface area contributed by atoms with Gasteiger partial charge in [0, 0.05) is 13.1 Å². The summed E-state index contributed by atoms with van der Waals surface area (Å²) in [5, 5.41) is 0. The van der Waals surface area contributed by atoms with Gasteiger partial charge in [0.15, 0.2) is 6.10 Å². The molecule has 122 valence electrons. The van der Waals surface area contributed by atoms with Crippen molar-refractivity contribution in [1.29, 1.82) is 0 Å². The highest BCUT2D eigenvalue weighted by molar-refractivity contribution is 7.89. The van der Waals surface area contributed by atoms with E-state index < -0.39 is 28.0 Å². The zero-order chi connectivity index (χ0) is 16.9. The number of nitrogens with zero attached hydrogens (tertiary/aromatic N) is 1. The van der Waals surface area contributed by atoms with Gasteiger partial charge >= 0.3 is 5.97 Å². The summed E-state index contributed by atoms with van der Waals surface area (Å²) in [6, 6.07) is 5.34. The minimum Gasteiger partial charge on any atom is -0.449 e. The quantitative estimate of drug-likeness (QED) is 0.743. The summed E-state index contributed by atoms with van der Waals surface area (Å²) in [4.78, 5) is 22.7. The normalized spacial score (nSPS) is 12.9. The molecule has 0 saturated carbocycles. The Labute approximate surface area is 130 Å². The smallest absolute Gasteiger partial charge is 0.338 e. The number of primary amides is 1. The zero-order valence-electron chi connectivity index (χ0n) is 12.8. The Bertz CT molecular complexity index is 636. The lowest BCUT2D eigenvalue weighted by molar-refractivity contribution is -0.125. The molecule has 0 bridgehead atoms. The second kappa shape index (κ2) is 7.37. The zero-order valence-corrected chi connectivity index (χ0v) is 13.6. The molecule has 0 aliphatic rings. The van der Waals surface area contributed by atoms with Crippen molar-refractivity contribution in [3.05, 3.63) is 29.8 Å². The van der Waals surface area contributed by atoms with Crippen molar-refractivity contribution in [2.45, 2.75) is 31.8 Å². The predicted octanol–water partition coefficient (Wildman–Crippen LogP) is 0.748. The van der Waals surface area contributed by atoms with Gasteiger partial charge in [0.2, 0.25) is 10.0 Å². The van der Waals surface area contributed by atoms with E-state index in [2.05, 4.69) is 0 Å². The van der Waals surface area contributed by atoms with Crippen molar-refractivity contribution in [3.8, 4) is 0 Å². The van der Waals surface area contributed by atoms with Crippen molar-refractivity contribution in [1.82, 2.24) is 4.31 Å². The van der Waals surface area contributed by atoms with Crippen molar-refractivity contribution in [2.24, 2.45) is 5.73 Å². The Morgan fingerprint density at radius 1 is 1.18 bits per heavy atom. The van der Waals surface area contributed by atoms with Crippen LogP contribution in [-0.4, -0.2) is 43.8 Å². The average Bonchev–Trinajstić information content (AvgIpc) is 2.48. The molecule has 22 heavy (non-hydrogen) atoms. The number of benzene rings is 1. The molecule has 0 saturated heterocycles. The standard InChI is InChI=1S/C14H20N2O5S/c1-4-16(5-2)22(19,20)12-8-6-11(7-9-12)14(18)21-10(3)13(15)17/h6-10H,4-5H2,1-3H3,(H2,15,17). The molecular formula is C14H20N2O5S. The molecule has 8 heteroatoms. The van der Waals surface area contributed by atoms with Crippen LogP contribution in [0.5, 0.6) is 0 Å². The Hall–Kier alpha value is -1.93. The molecule has 0 aromatic heterocycles. The minimum absolute atomic E-state index is 0.0932. The van der Waals surface area contributed by atoms with Crippen molar-refractivity contribution in [2.75, 3.05) is 13.1 Å².